The van der Waals surface area contributed by atoms with E-state index in [9.17, 15) is 20.1 Å². The largest absolute Gasteiger partial charge is 0.479 e. The minimum absolute atomic E-state index is 0.0398. The Balaban J connectivity index is 1.90. The van der Waals surface area contributed by atoms with Gasteiger partial charge >= 0.3 is 5.97 Å². The van der Waals surface area contributed by atoms with Gasteiger partial charge in [0.1, 0.15) is 18.3 Å². The molecule has 5 atom stereocenters. The van der Waals surface area contributed by atoms with Crippen LogP contribution in [-0.4, -0.2) is 63.7 Å². The fourth-order valence-corrected chi connectivity index (χ4v) is 4.16. The fraction of sp³-hybridized carbons (Fsp3) is 0.577. The summed E-state index contributed by atoms with van der Waals surface area (Å²) in [5.41, 5.74) is 5.13. The van der Waals surface area contributed by atoms with Gasteiger partial charge in [-0.15, -0.1) is 0 Å². The predicted octanol–water partition coefficient (Wildman–Crippen LogP) is 3.43. The zero-order valence-corrected chi connectivity index (χ0v) is 20.2. The summed E-state index contributed by atoms with van der Waals surface area (Å²) in [6.07, 6.45) is 7.62. The van der Waals surface area contributed by atoms with Gasteiger partial charge in [-0.2, -0.15) is 0 Å². The standard InChI is InChI=1S/C26H38O7/c1-16(11-12-19-18(3)10-7-14-26(19,4)5)8-6-9-17(2)13-15-32-25-22(29)20(27)21(28)23(33-25)24(30)31/h6,8-9,11-13,20-23,25,27-29H,7,10,14-15H2,1-5H3,(H,30,31)/b9-6+,12-11+,16-8+,17-13+/t20-,21-,22+,23-,25+/m0/s1. The van der Waals surface area contributed by atoms with Crippen molar-refractivity contribution in [2.45, 2.75) is 84.6 Å². The molecular weight excluding hydrogens is 424 g/mol. The van der Waals surface area contributed by atoms with Gasteiger partial charge in [-0.05, 0) is 51.0 Å². The summed E-state index contributed by atoms with van der Waals surface area (Å²) < 4.78 is 10.5. The number of aliphatic carboxylic acids is 1. The van der Waals surface area contributed by atoms with Crippen LogP contribution in [0.3, 0.4) is 0 Å². The summed E-state index contributed by atoms with van der Waals surface area (Å²) in [4.78, 5) is 11.1. The molecule has 0 amide bonds. The molecule has 0 aromatic rings. The number of aliphatic hydroxyl groups is 3. The van der Waals surface area contributed by atoms with E-state index in [1.54, 1.807) is 6.08 Å². The Morgan fingerprint density at radius 3 is 2.45 bits per heavy atom. The van der Waals surface area contributed by atoms with Crippen molar-refractivity contribution < 1.29 is 34.7 Å². The lowest BCUT2D eigenvalue weighted by Gasteiger charge is -2.38. The highest BCUT2D eigenvalue weighted by atomic mass is 16.7. The summed E-state index contributed by atoms with van der Waals surface area (Å²) in [6, 6.07) is 0. The van der Waals surface area contributed by atoms with Gasteiger partial charge in [-0.1, -0.05) is 67.0 Å². The van der Waals surface area contributed by atoms with Gasteiger partial charge in [0.05, 0.1) is 6.61 Å². The number of carboxylic acids is 1. The molecule has 0 unspecified atom stereocenters. The van der Waals surface area contributed by atoms with Crippen molar-refractivity contribution in [3.05, 3.63) is 58.7 Å². The normalized spacial score (nSPS) is 31.6. The molecule has 2 aliphatic rings. The predicted molar refractivity (Wildman–Crippen MR) is 126 cm³/mol. The molecule has 1 fully saturated rings. The van der Waals surface area contributed by atoms with Crippen LogP contribution in [-0.2, 0) is 14.3 Å². The smallest absolute Gasteiger partial charge is 0.335 e. The van der Waals surface area contributed by atoms with E-state index in [2.05, 4.69) is 39.8 Å². The second kappa shape index (κ2) is 11.9. The Hall–Kier alpha value is -2.03. The molecule has 7 nitrogen and oxygen atoms in total. The Bertz CT molecular complexity index is 847. The maximum absolute atomic E-state index is 11.1. The van der Waals surface area contributed by atoms with E-state index in [0.717, 1.165) is 17.6 Å². The van der Waals surface area contributed by atoms with Crippen LogP contribution in [0.2, 0.25) is 0 Å². The highest BCUT2D eigenvalue weighted by Gasteiger charge is 2.47. The minimum atomic E-state index is -1.73. The van der Waals surface area contributed by atoms with Crippen LogP contribution < -0.4 is 0 Å². The second-order valence-electron chi connectivity index (χ2n) is 9.55. The van der Waals surface area contributed by atoms with Crippen molar-refractivity contribution in [1.29, 1.82) is 0 Å². The van der Waals surface area contributed by atoms with Crippen LogP contribution >= 0.6 is 0 Å². The number of carboxylic acid groups (broad SMARTS) is 1. The first-order chi connectivity index (χ1) is 15.4. The highest BCUT2D eigenvalue weighted by Crippen LogP contribution is 2.40. The summed E-state index contributed by atoms with van der Waals surface area (Å²) >= 11 is 0. The number of rotatable bonds is 8. The Morgan fingerprint density at radius 2 is 1.82 bits per heavy atom. The van der Waals surface area contributed by atoms with Gasteiger partial charge in [0, 0.05) is 0 Å². The molecule has 1 heterocycles. The van der Waals surface area contributed by atoms with Gasteiger partial charge in [-0.3, -0.25) is 0 Å². The summed E-state index contributed by atoms with van der Waals surface area (Å²) in [6.45, 7) is 10.8. The van der Waals surface area contributed by atoms with Crippen LogP contribution in [0.25, 0.3) is 0 Å². The number of hydrogen-bond donors (Lipinski definition) is 4. The second-order valence-corrected chi connectivity index (χ2v) is 9.55. The lowest BCUT2D eigenvalue weighted by molar-refractivity contribution is -0.291. The molecule has 33 heavy (non-hydrogen) atoms. The fourth-order valence-electron chi connectivity index (χ4n) is 4.16. The van der Waals surface area contributed by atoms with Crippen molar-refractivity contribution in [2.75, 3.05) is 6.61 Å². The molecule has 1 saturated heterocycles. The van der Waals surface area contributed by atoms with Crippen LogP contribution in [0.15, 0.2) is 58.7 Å². The van der Waals surface area contributed by atoms with Gasteiger partial charge in [0.25, 0.3) is 0 Å². The topological polar surface area (TPSA) is 116 Å². The third-order valence-corrected chi connectivity index (χ3v) is 6.25. The molecule has 2 rings (SSSR count). The average Bonchev–Trinajstić information content (AvgIpc) is 2.72. The third kappa shape index (κ3) is 7.48. The molecule has 184 valence electrons. The average molecular weight is 463 g/mol. The number of ether oxygens (including phenoxy) is 2. The van der Waals surface area contributed by atoms with Crippen molar-refractivity contribution >= 4 is 5.97 Å². The maximum Gasteiger partial charge on any atom is 0.335 e. The molecule has 4 N–H and O–H groups in total. The van der Waals surface area contributed by atoms with E-state index >= 15 is 0 Å². The first-order valence-corrected chi connectivity index (χ1v) is 11.4. The molecule has 0 aromatic carbocycles. The van der Waals surface area contributed by atoms with Gasteiger partial charge < -0.3 is 29.9 Å². The number of hydrogen-bond acceptors (Lipinski definition) is 6. The molecule has 0 spiro atoms. The summed E-state index contributed by atoms with van der Waals surface area (Å²) in [5.74, 6) is -1.44. The van der Waals surface area contributed by atoms with Crippen LogP contribution in [0.1, 0.15) is 53.9 Å². The highest BCUT2D eigenvalue weighted by molar-refractivity contribution is 5.73. The first-order valence-electron chi connectivity index (χ1n) is 11.4. The SMILES string of the molecule is CC1=C(/C=C/C(C)=C/C=C/C(C)=C/CO[C@@H]2O[C@H](C(=O)O)[C@@H](O)[C@H](O)[C@H]2O)C(C)(C)CCC1. The Kier molecular flexibility index (Phi) is 9.82. The van der Waals surface area contributed by atoms with Crippen LogP contribution in [0, 0.1) is 5.41 Å². The minimum Gasteiger partial charge on any atom is -0.479 e. The molecule has 0 saturated carbocycles. The van der Waals surface area contributed by atoms with Crippen LogP contribution in [0.4, 0.5) is 0 Å². The van der Waals surface area contributed by atoms with Crippen molar-refractivity contribution in [1.82, 2.24) is 0 Å². The number of aliphatic hydroxyl groups excluding tert-OH is 3. The molecule has 0 aromatic heterocycles. The third-order valence-electron chi connectivity index (χ3n) is 6.25. The molecule has 1 aliphatic heterocycles. The quantitative estimate of drug-likeness (QED) is 0.408. The molecule has 1 aliphatic carbocycles. The first kappa shape index (κ1) is 27.2. The lowest BCUT2D eigenvalue weighted by Crippen LogP contribution is -2.60. The molecule has 0 bridgehead atoms. The zero-order chi connectivity index (χ0) is 24.8. The zero-order valence-electron chi connectivity index (χ0n) is 20.2. The molecule has 0 radical (unpaired) electrons. The number of allylic oxidation sites excluding steroid dienone is 9. The van der Waals surface area contributed by atoms with E-state index in [1.807, 2.05) is 25.2 Å². The monoisotopic (exact) mass is 462 g/mol. The van der Waals surface area contributed by atoms with Gasteiger partial charge in [-0.25, -0.2) is 4.79 Å². The van der Waals surface area contributed by atoms with Gasteiger partial charge in [0.2, 0.25) is 0 Å². The van der Waals surface area contributed by atoms with E-state index in [0.29, 0.717) is 0 Å². The van der Waals surface area contributed by atoms with Crippen molar-refractivity contribution in [3.8, 4) is 0 Å². The molecular formula is C26H38O7. The van der Waals surface area contributed by atoms with E-state index in [1.165, 1.54) is 24.0 Å². The van der Waals surface area contributed by atoms with E-state index in [-0.39, 0.29) is 12.0 Å². The van der Waals surface area contributed by atoms with E-state index < -0.39 is 36.7 Å². The summed E-state index contributed by atoms with van der Waals surface area (Å²) in [5, 5.41) is 38.5. The lowest BCUT2D eigenvalue weighted by atomic mass is 9.72. The van der Waals surface area contributed by atoms with Gasteiger partial charge in [0.15, 0.2) is 12.4 Å². The number of carbonyl (C=O) groups is 1. The van der Waals surface area contributed by atoms with E-state index in [4.69, 9.17) is 14.6 Å². The molecule has 7 heteroatoms. The maximum atomic E-state index is 11.1. The van der Waals surface area contributed by atoms with Crippen molar-refractivity contribution in [2.24, 2.45) is 5.41 Å². The van der Waals surface area contributed by atoms with Crippen LogP contribution in [0.5, 0.6) is 0 Å². The van der Waals surface area contributed by atoms with Crippen molar-refractivity contribution in [3.63, 3.8) is 0 Å². The Labute approximate surface area is 196 Å². The Morgan fingerprint density at radius 1 is 1.12 bits per heavy atom. The summed E-state index contributed by atoms with van der Waals surface area (Å²) in [7, 11) is 0.